The molecule has 0 unspecified atom stereocenters. The minimum atomic E-state index is -4.50. The van der Waals surface area contributed by atoms with Crippen molar-refractivity contribution in [1.29, 1.82) is 5.26 Å². The van der Waals surface area contributed by atoms with Crippen molar-refractivity contribution < 1.29 is 18.0 Å². The van der Waals surface area contributed by atoms with Gasteiger partial charge in [0.25, 0.3) is 0 Å². The zero-order valence-corrected chi connectivity index (χ0v) is 12.1. The van der Waals surface area contributed by atoms with Crippen LogP contribution in [-0.4, -0.2) is 25.0 Å². The van der Waals surface area contributed by atoms with Gasteiger partial charge in [0, 0.05) is 31.7 Å². The van der Waals surface area contributed by atoms with Crippen molar-refractivity contribution in [2.24, 2.45) is 0 Å². The van der Waals surface area contributed by atoms with Crippen molar-refractivity contribution >= 4 is 11.6 Å². The van der Waals surface area contributed by atoms with Gasteiger partial charge in [-0.05, 0) is 31.0 Å². The number of nitrogens with one attached hydrogen (secondary N) is 1. The summed E-state index contributed by atoms with van der Waals surface area (Å²) in [5, 5.41) is 11.6. The lowest BCUT2D eigenvalue weighted by molar-refractivity contribution is -0.137. The molecule has 0 spiro atoms. The predicted octanol–water partition coefficient (Wildman–Crippen LogP) is 2.68. The molecule has 1 aromatic carbocycles. The number of nitriles is 1. The quantitative estimate of drug-likeness (QED) is 0.913. The molecule has 1 saturated heterocycles. The maximum atomic E-state index is 13.2. The van der Waals surface area contributed by atoms with Gasteiger partial charge in [0.1, 0.15) is 0 Å². The fraction of sp³-hybridized carbons (Fsp3) is 0.467. The average Bonchev–Trinajstić information content (AvgIpc) is 2.46. The molecular formula is C15H16F3N3O. The van der Waals surface area contributed by atoms with E-state index in [0.717, 1.165) is 6.07 Å². The number of anilines is 1. The Kier molecular flexibility index (Phi) is 4.59. The number of halogens is 3. The highest BCUT2D eigenvalue weighted by Crippen LogP contribution is 2.38. The molecule has 0 radical (unpaired) electrons. The molecule has 7 heteroatoms. The molecule has 0 atom stereocenters. The molecular weight excluding hydrogens is 295 g/mol. The van der Waals surface area contributed by atoms with Crippen LogP contribution in [0, 0.1) is 11.3 Å². The van der Waals surface area contributed by atoms with Gasteiger partial charge >= 0.3 is 6.18 Å². The lowest BCUT2D eigenvalue weighted by Crippen LogP contribution is -2.44. The second-order valence-electron chi connectivity index (χ2n) is 5.30. The maximum absolute atomic E-state index is 13.2. The van der Waals surface area contributed by atoms with Crippen molar-refractivity contribution in [3.8, 4) is 6.07 Å². The SMILES string of the molecule is CC(=O)NC1CCN(c2ccc(C#N)cc2C(F)(F)F)CC1. The van der Waals surface area contributed by atoms with Gasteiger partial charge in [-0.3, -0.25) is 4.79 Å². The zero-order chi connectivity index (χ0) is 16.3. The smallest absolute Gasteiger partial charge is 0.371 e. The number of nitrogens with zero attached hydrogens (tertiary/aromatic N) is 2. The van der Waals surface area contributed by atoms with Gasteiger partial charge in [-0.15, -0.1) is 0 Å². The fourth-order valence-electron chi connectivity index (χ4n) is 2.66. The number of hydrogen-bond donors (Lipinski definition) is 1. The number of amides is 1. The Balaban J connectivity index is 2.20. The monoisotopic (exact) mass is 311 g/mol. The Morgan fingerprint density at radius 1 is 1.36 bits per heavy atom. The van der Waals surface area contributed by atoms with Crippen LogP contribution in [-0.2, 0) is 11.0 Å². The standard InChI is InChI=1S/C15H16F3N3O/c1-10(22)20-12-4-6-21(7-5-12)14-3-2-11(9-19)8-13(14)15(16,17)18/h2-3,8,12H,4-7H2,1H3,(H,20,22). The number of carbonyl (C=O) groups is 1. The fourth-order valence-corrected chi connectivity index (χ4v) is 2.66. The summed E-state index contributed by atoms with van der Waals surface area (Å²) in [6.07, 6.45) is -3.32. The van der Waals surface area contributed by atoms with Crippen LogP contribution in [0.3, 0.4) is 0 Å². The van der Waals surface area contributed by atoms with E-state index >= 15 is 0 Å². The number of rotatable bonds is 2. The van der Waals surface area contributed by atoms with Crippen LogP contribution in [0.5, 0.6) is 0 Å². The van der Waals surface area contributed by atoms with Crippen molar-refractivity contribution in [2.45, 2.75) is 32.0 Å². The largest absolute Gasteiger partial charge is 0.418 e. The van der Waals surface area contributed by atoms with Gasteiger partial charge < -0.3 is 10.2 Å². The molecule has 2 rings (SSSR count). The summed E-state index contributed by atoms with van der Waals surface area (Å²) in [5.41, 5.74) is -0.707. The predicted molar refractivity (Wildman–Crippen MR) is 75.2 cm³/mol. The molecule has 1 amide bonds. The summed E-state index contributed by atoms with van der Waals surface area (Å²) in [6, 6.07) is 5.36. The van der Waals surface area contributed by atoms with Crippen LogP contribution in [0.2, 0.25) is 0 Å². The Bertz CT molecular complexity index is 599. The van der Waals surface area contributed by atoms with Crippen LogP contribution in [0.15, 0.2) is 18.2 Å². The Hall–Kier alpha value is -2.23. The third-order valence-corrected chi connectivity index (χ3v) is 3.67. The van der Waals surface area contributed by atoms with Gasteiger partial charge in [0.05, 0.1) is 17.2 Å². The van der Waals surface area contributed by atoms with Crippen LogP contribution in [0.25, 0.3) is 0 Å². The molecule has 1 aliphatic rings. The van der Waals surface area contributed by atoms with Gasteiger partial charge in [-0.25, -0.2) is 0 Å². The third kappa shape index (κ3) is 3.70. The Labute approximate surface area is 126 Å². The first kappa shape index (κ1) is 16.1. The molecule has 4 nitrogen and oxygen atoms in total. The van der Waals surface area contributed by atoms with E-state index in [-0.39, 0.29) is 23.2 Å². The lowest BCUT2D eigenvalue weighted by Gasteiger charge is -2.35. The summed E-state index contributed by atoms with van der Waals surface area (Å²) in [4.78, 5) is 12.7. The van der Waals surface area contributed by atoms with Crippen molar-refractivity contribution in [2.75, 3.05) is 18.0 Å². The van der Waals surface area contributed by atoms with Crippen molar-refractivity contribution in [1.82, 2.24) is 5.32 Å². The van der Waals surface area contributed by atoms with E-state index in [0.29, 0.717) is 25.9 Å². The first-order valence-corrected chi connectivity index (χ1v) is 6.94. The number of hydrogen-bond acceptors (Lipinski definition) is 3. The summed E-state index contributed by atoms with van der Waals surface area (Å²) < 4.78 is 39.5. The Morgan fingerprint density at radius 3 is 2.50 bits per heavy atom. The molecule has 0 bridgehead atoms. The summed E-state index contributed by atoms with van der Waals surface area (Å²) in [5.74, 6) is -0.132. The molecule has 1 aromatic rings. The van der Waals surface area contributed by atoms with E-state index in [4.69, 9.17) is 5.26 Å². The maximum Gasteiger partial charge on any atom is 0.418 e. The lowest BCUT2D eigenvalue weighted by atomic mass is 10.0. The van der Waals surface area contributed by atoms with Gasteiger partial charge in [-0.1, -0.05) is 0 Å². The highest BCUT2D eigenvalue weighted by atomic mass is 19.4. The Morgan fingerprint density at radius 2 is 2.00 bits per heavy atom. The topological polar surface area (TPSA) is 56.1 Å². The van der Waals surface area contributed by atoms with Gasteiger partial charge in [0.15, 0.2) is 0 Å². The van der Waals surface area contributed by atoms with Crippen LogP contribution >= 0.6 is 0 Å². The van der Waals surface area contributed by atoms with Gasteiger partial charge in [0.2, 0.25) is 5.91 Å². The zero-order valence-electron chi connectivity index (χ0n) is 12.1. The second kappa shape index (κ2) is 6.26. The van der Waals surface area contributed by atoms with Crippen LogP contribution in [0.4, 0.5) is 18.9 Å². The van der Waals surface area contributed by atoms with Crippen LogP contribution in [0.1, 0.15) is 30.9 Å². The summed E-state index contributed by atoms with van der Waals surface area (Å²) in [6.45, 7) is 2.29. The summed E-state index contributed by atoms with van der Waals surface area (Å²) in [7, 11) is 0. The summed E-state index contributed by atoms with van der Waals surface area (Å²) >= 11 is 0. The van der Waals surface area contributed by atoms with E-state index in [1.807, 2.05) is 0 Å². The second-order valence-corrected chi connectivity index (χ2v) is 5.30. The minimum absolute atomic E-state index is 0.00136. The molecule has 0 saturated carbocycles. The average molecular weight is 311 g/mol. The molecule has 1 N–H and O–H groups in total. The molecule has 22 heavy (non-hydrogen) atoms. The van der Waals surface area contributed by atoms with Crippen molar-refractivity contribution in [3.05, 3.63) is 29.3 Å². The van der Waals surface area contributed by atoms with E-state index in [2.05, 4.69) is 5.32 Å². The highest BCUT2D eigenvalue weighted by molar-refractivity contribution is 5.73. The first-order chi connectivity index (χ1) is 10.3. The van der Waals surface area contributed by atoms with Crippen molar-refractivity contribution in [3.63, 3.8) is 0 Å². The number of carbonyl (C=O) groups excluding carboxylic acids is 1. The van der Waals surface area contributed by atoms with E-state index in [1.165, 1.54) is 19.1 Å². The molecule has 0 aliphatic carbocycles. The molecule has 1 aliphatic heterocycles. The normalized spacial score (nSPS) is 16.2. The van der Waals surface area contributed by atoms with E-state index in [1.54, 1.807) is 11.0 Å². The van der Waals surface area contributed by atoms with Gasteiger partial charge in [-0.2, -0.15) is 18.4 Å². The van der Waals surface area contributed by atoms with Crippen LogP contribution < -0.4 is 10.2 Å². The number of alkyl halides is 3. The minimum Gasteiger partial charge on any atom is -0.371 e. The first-order valence-electron chi connectivity index (χ1n) is 6.94. The highest BCUT2D eigenvalue weighted by Gasteiger charge is 2.36. The molecule has 0 aromatic heterocycles. The molecule has 118 valence electrons. The number of benzene rings is 1. The van der Waals surface area contributed by atoms with E-state index < -0.39 is 11.7 Å². The van der Waals surface area contributed by atoms with E-state index in [9.17, 15) is 18.0 Å². The third-order valence-electron chi connectivity index (χ3n) is 3.67. The molecule has 1 fully saturated rings. The number of piperidine rings is 1. The molecule has 1 heterocycles.